The molecule has 0 aliphatic heterocycles. The lowest BCUT2D eigenvalue weighted by atomic mass is 10.0. The van der Waals surface area contributed by atoms with E-state index in [2.05, 4.69) is 5.32 Å². The average Bonchev–Trinajstić information content (AvgIpc) is 2.19. The Kier molecular flexibility index (Phi) is 3.49. The predicted molar refractivity (Wildman–Crippen MR) is 56.3 cm³/mol. The fraction of sp³-hybridized carbons (Fsp3) is 0.455. The van der Waals surface area contributed by atoms with Crippen LogP contribution in [0.25, 0.3) is 0 Å². The molecule has 0 bridgehead atoms. The number of hydrogen-bond acceptors (Lipinski definition) is 3. The van der Waals surface area contributed by atoms with Crippen LogP contribution in [0.3, 0.4) is 0 Å². The van der Waals surface area contributed by atoms with Gasteiger partial charge >= 0.3 is 0 Å². The summed E-state index contributed by atoms with van der Waals surface area (Å²) in [5.41, 5.74) is 1.60. The van der Waals surface area contributed by atoms with Crippen LogP contribution in [0.4, 0.5) is 0 Å². The zero-order valence-electron chi connectivity index (χ0n) is 8.78. The van der Waals surface area contributed by atoms with E-state index < -0.39 is 6.10 Å². The van der Waals surface area contributed by atoms with Gasteiger partial charge in [0, 0.05) is 11.6 Å². The fourth-order valence-corrected chi connectivity index (χ4v) is 1.34. The highest BCUT2D eigenvalue weighted by Crippen LogP contribution is 2.26. The van der Waals surface area contributed by atoms with Crippen molar-refractivity contribution in [2.45, 2.75) is 26.0 Å². The highest BCUT2D eigenvalue weighted by Gasteiger charge is 2.17. The molecule has 0 aromatic heterocycles. The first-order chi connectivity index (χ1) is 6.56. The number of nitrogens with one attached hydrogen (secondary N) is 1. The second-order valence-electron chi connectivity index (χ2n) is 3.58. The molecule has 0 radical (unpaired) electrons. The highest BCUT2D eigenvalue weighted by atomic mass is 16.3. The molecular formula is C11H17NO2. The zero-order valence-corrected chi connectivity index (χ0v) is 8.78. The Labute approximate surface area is 84.4 Å². The maximum Gasteiger partial charge on any atom is 0.121 e. The summed E-state index contributed by atoms with van der Waals surface area (Å²) in [6.45, 7) is 3.80. The number of aromatic hydroxyl groups is 1. The first-order valence-electron chi connectivity index (χ1n) is 4.71. The van der Waals surface area contributed by atoms with E-state index in [1.54, 1.807) is 19.2 Å². The Morgan fingerprint density at radius 3 is 2.57 bits per heavy atom. The molecule has 0 fully saturated rings. The number of hydrogen-bond donors (Lipinski definition) is 3. The first kappa shape index (κ1) is 11.0. The summed E-state index contributed by atoms with van der Waals surface area (Å²) in [7, 11) is 1.78. The zero-order chi connectivity index (χ0) is 10.7. The molecule has 0 saturated heterocycles. The minimum absolute atomic E-state index is 0.0808. The van der Waals surface area contributed by atoms with Crippen LogP contribution in [0.1, 0.15) is 24.2 Å². The standard InChI is InChI=1S/C11H17NO2/c1-7-4-5-10(13)9(6-7)11(14)8(2)12-3/h4-6,8,11-14H,1-3H3. The van der Waals surface area contributed by atoms with Gasteiger partial charge in [-0.15, -0.1) is 0 Å². The van der Waals surface area contributed by atoms with Crippen LogP contribution in [0, 0.1) is 6.92 Å². The first-order valence-corrected chi connectivity index (χ1v) is 4.71. The normalized spacial score (nSPS) is 15.1. The van der Waals surface area contributed by atoms with E-state index in [1.165, 1.54) is 0 Å². The Hall–Kier alpha value is -1.06. The highest BCUT2D eigenvalue weighted by molar-refractivity contribution is 5.37. The van der Waals surface area contributed by atoms with Crippen LogP contribution >= 0.6 is 0 Å². The SMILES string of the molecule is CNC(C)C(O)c1cc(C)ccc1O. The fourth-order valence-electron chi connectivity index (χ4n) is 1.34. The third-order valence-corrected chi connectivity index (χ3v) is 2.43. The summed E-state index contributed by atoms with van der Waals surface area (Å²) in [5.74, 6) is 0.144. The maximum atomic E-state index is 9.87. The van der Waals surface area contributed by atoms with Crippen molar-refractivity contribution < 1.29 is 10.2 Å². The van der Waals surface area contributed by atoms with Gasteiger partial charge in [-0.05, 0) is 33.0 Å². The summed E-state index contributed by atoms with van der Waals surface area (Å²) >= 11 is 0. The van der Waals surface area contributed by atoms with Gasteiger partial charge in [0.2, 0.25) is 0 Å². The van der Waals surface area contributed by atoms with E-state index in [0.717, 1.165) is 5.56 Å². The Morgan fingerprint density at radius 2 is 2.00 bits per heavy atom. The molecule has 0 heterocycles. The van der Waals surface area contributed by atoms with Gasteiger partial charge in [0.1, 0.15) is 5.75 Å². The van der Waals surface area contributed by atoms with Gasteiger partial charge in [0.25, 0.3) is 0 Å². The van der Waals surface area contributed by atoms with Gasteiger partial charge in [-0.25, -0.2) is 0 Å². The van der Waals surface area contributed by atoms with Crippen molar-refractivity contribution in [3.63, 3.8) is 0 Å². The third kappa shape index (κ3) is 2.25. The molecule has 14 heavy (non-hydrogen) atoms. The van der Waals surface area contributed by atoms with Gasteiger partial charge < -0.3 is 15.5 Å². The summed E-state index contributed by atoms with van der Waals surface area (Å²) < 4.78 is 0. The maximum absolute atomic E-state index is 9.87. The van der Waals surface area contributed by atoms with Crippen molar-refractivity contribution in [2.24, 2.45) is 0 Å². The molecule has 2 unspecified atom stereocenters. The van der Waals surface area contributed by atoms with E-state index in [0.29, 0.717) is 5.56 Å². The van der Waals surface area contributed by atoms with Gasteiger partial charge in [-0.3, -0.25) is 0 Å². The van der Waals surface area contributed by atoms with Crippen molar-refractivity contribution >= 4 is 0 Å². The van der Waals surface area contributed by atoms with Gasteiger partial charge in [-0.2, -0.15) is 0 Å². The molecule has 1 aromatic rings. The summed E-state index contributed by atoms with van der Waals surface area (Å²) in [6, 6.07) is 5.14. The quantitative estimate of drug-likeness (QED) is 0.682. The van der Waals surface area contributed by atoms with Crippen molar-refractivity contribution in [3.05, 3.63) is 29.3 Å². The van der Waals surface area contributed by atoms with Gasteiger partial charge in [0.05, 0.1) is 6.10 Å². The Bertz CT molecular complexity index is 312. The molecule has 3 N–H and O–H groups in total. The lowest BCUT2D eigenvalue weighted by Crippen LogP contribution is -2.28. The number of aliphatic hydroxyl groups excluding tert-OH is 1. The number of phenols is 1. The van der Waals surface area contributed by atoms with Crippen LogP contribution in [0.5, 0.6) is 5.75 Å². The molecule has 0 aliphatic carbocycles. The van der Waals surface area contributed by atoms with Crippen molar-refractivity contribution in [1.29, 1.82) is 0 Å². The summed E-state index contributed by atoms with van der Waals surface area (Å²) in [5, 5.41) is 22.4. The number of benzene rings is 1. The molecule has 0 saturated carbocycles. The van der Waals surface area contributed by atoms with Crippen LogP contribution in [-0.4, -0.2) is 23.3 Å². The molecule has 78 valence electrons. The second kappa shape index (κ2) is 4.44. The van der Waals surface area contributed by atoms with E-state index in [-0.39, 0.29) is 11.8 Å². The average molecular weight is 195 g/mol. The molecule has 1 aromatic carbocycles. The van der Waals surface area contributed by atoms with E-state index in [9.17, 15) is 10.2 Å². The number of aryl methyl sites for hydroxylation is 1. The van der Waals surface area contributed by atoms with Crippen molar-refractivity contribution in [1.82, 2.24) is 5.32 Å². The third-order valence-electron chi connectivity index (χ3n) is 2.43. The predicted octanol–water partition coefficient (Wildman–Crippen LogP) is 1.34. The van der Waals surface area contributed by atoms with Crippen molar-refractivity contribution in [2.75, 3.05) is 7.05 Å². The molecule has 1 rings (SSSR count). The largest absolute Gasteiger partial charge is 0.508 e. The molecule has 3 heteroatoms. The van der Waals surface area contributed by atoms with Crippen LogP contribution < -0.4 is 5.32 Å². The lowest BCUT2D eigenvalue weighted by molar-refractivity contribution is 0.137. The summed E-state index contributed by atoms with van der Waals surface area (Å²) in [6.07, 6.45) is -0.681. The van der Waals surface area contributed by atoms with E-state index >= 15 is 0 Å². The second-order valence-corrected chi connectivity index (χ2v) is 3.58. The topological polar surface area (TPSA) is 52.5 Å². The molecule has 0 spiro atoms. The summed E-state index contributed by atoms with van der Waals surface area (Å²) in [4.78, 5) is 0. The minimum Gasteiger partial charge on any atom is -0.508 e. The molecular weight excluding hydrogens is 178 g/mol. The number of phenolic OH excluding ortho intramolecular Hbond substituents is 1. The Morgan fingerprint density at radius 1 is 1.36 bits per heavy atom. The molecule has 2 atom stereocenters. The van der Waals surface area contributed by atoms with Crippen LogP contribution in [0.2, 0.25) is 0 Å². The molecule has 0 amide bonds. The van der Waals surface area contributed by atoms with Crippen molar-refractivity contribution in [3.8, 4) is 5.75 Å². The number of likely N-dealkylation sites (N-methyl/N-ethyl adjacent to an activating group) is 1. The van der Waals surface area contributed by atoms with Crippen LogP contribution in [0.15, 0.2) is 18.2 Å². The molecule has 0 aliphatic rings. The monoisotopic (exact) mass is 195 g/mol. The smallest absolute Gasteiger partial charge is 0.121 e. The molecule has 3 nitrogen and oxygen atoms in total. The van der Waals surface area contributed by atoms with E-state index in [1.807, 2.05) is 19.9 Å². The van der Waals surface area contributed by atoms with Crippen LogP contribution in [-0.2, 0) is 0 Å². The number of rotatable bonds is 3. The number of aliphatic hydroxyl groups is 1. The van der Waals surface area contributed by atoms with Gasteiger partial charge in [0.15, 0.2) is 0 Å². The van der Waals surface area contributed by atoms with Gasteiger partial charge in [-0.1, -0.05) is 11.6 Å². The Balaban J connectivity index is 2.99. The minimum atomic E-state index is -0.681. The lowest BCUT2D eigenvalue weighted by Gasteiger charge is -2.19. The van der Waals surface area contributed by atoms with E-state index in [4.69, 9.17) is 0 Å².